The van der Waals surface area contributed by atoms with Gasteiger partial charge < -0.3 is 14.9 Å². The van der Waals surface area contributed by atoms with E-state index in [1.165, 1.54) is 10.4 Å². The van der Waals surface area contributed by atoms with Crippen LogP contribution in [-0.2, 0) is 4.43 Å². The van der Waals surface area contributed by atoms with E-state index >= 15 is 0 Å². The maximum Gasteiger partial charge on any atom is 0.261 e. The first kappa shape index (κ1) is 22.1. The Morgan fingerprint density at radius 1 is 0.938 bits per heavy atom. The highest BCUT2D eigenvalue weighted by atomic mass is 28.4. The number of hydrogen-bond donors (Lipinski definition) is 1. The van der Waals surface area contributed by atoms with Gasteiger partial charge >= 0.3 is 0 Å². The summed E-state index contributed by atoms with van der Waals surface area (Å²) in [5, 5.41) is 6.69. The van der Waals surface area contributed by atoms with Crippen LogP contribution < -0.4 is 20.8 Å². The highest BCUT2D eigenvalue weighted by Gasteiger charge is 2.51. The average Bonchev–Trinajstić information content (AvgIpc) is 3.18. The third-order valence-electron chi connectivity index (χ3n) is 6.11. The van der Waals surface area contributed by atoms with Gasteiger partial charge in [-0.1, -0.05) is 81.4 Å². The molecule has 0 radical (unpaired) electrons. The van der Waals surface area contributed by atoms with E-state index in [-0.39, 0.29) is 11.1 Å². The smallest absolute Gasteiger partial charge is 0.261 e. The normalized spacial score (nSPS) is 13.3. The number of nitrogens with two attached hydrogens (primary N) is 1. The minimum absolute atomic E-state index is 0.114. The van der Waals surface area contributed by atoms with Crippen LogP contribution in [0.5, 0.6) is 5.75 Å². The minimum atomic E-state index is -2.71. The lowest BCUT2D eigenvalue weighted by Crippen LogP contribution is -2.66. The molecular formula is C26H31N3O2Si. The van der Waals surface area contributed by atoms with Crippen LogP contribution in [0.15, 0.2) is 79.1 Å². The predicted molar refractivity (Wildman–Crippen MR) is 133 cm³/mol. The van der Waals surface area contributed by atoms with E-state index in [9.17, 15) is 0 Å². The average molecular weight is 446 g/mol. The van der Waals surface area contributed by atoms with E-state index in [1.54, 1.807) is 17.8 Å². The van der Waals surface area contributed by atoms with Crippen molar-refractivity contribution in [3.63, 3.8) is 0 Å². The Morgan fingerprint density at radius 3 is 2.00 bits per heavy atom. The lowest BCUT2D eigenvalue weighted by molar-refractivity contribution is 0.206. The molecule has 5 nitrogen and oxygen atoms in total. The van der Waals surface area contributed by atoms with Crippen molar-refractivity contribution >= 4 is 29.9 Å². The van der Waals surface area contributed by atoms with Crippen molar-refractivity contribution < 1.29 is 9.16 Å². The van der Waals surface area contributed by atoms with Crippen LogP contribution in [0.2, 0.25) is 5.04 Å². The van der Waals surface area contributed by atoms with Crippen LogP contribution in [0.4, 0.5) is 5.69 Å². The summed E-state index contributed by atoms with van der Waals surface area (Å²) in [5.74, 6) is 0.702. The number of methoxy groups -OCH3 is 1. The number of pyridine rings is 1. The van der Waals surface area contributed by atoms with Crippen molar-refractivity contribution in [2.24, 2.45) is 0 Å². The molecule has 0 aliphatic heterocycles. The zero-order valence-electron chi connectivity index (χ0n) is 19.4. The summed E-state index contributed by atoms with van der Waals surface area (Å²) in [7, 11) is -1.04. The van der Waals surface area contributed by atoms with Crippen LogP contribution >= 0.6 is 0 Å². The number of anilines is 1. The Balaban J connectivity index is 1.91. The standard InChI is InChI=1S/C26H31N3O2Si/c1-19(22-16-17-29-24(25(22)30-5)23(27)18-28-29)31-32(26(2,3)4,20-12-8-6-9-13-20)21-14-10-7-11-15-21/h6-19H,27H2,1-5H3. The zero-order chi connectivity index (χ0) is 22.9. The number of nitrogen functional groups attached to an aromatic ring is 1. The van der Waals surface area contributed by atoms with Gasteiger partial charge in [-0.2, -0.15) is 5.10 Å². The molecule has 0 spiro atoms. The summed E-state index contributed by atoms with van der Waals surface area (Å²) in [5.41, 5.74) is 8.51. The molecule has 2 aromatic carbocycles. The van der Waals surface area contributed by atoms with Gasteiger partial charge in [-0.15, -0.1) is 0 Å². The van der Waals surface area contributed by atoms with Crippen LogP contribution in [0.1, 0.15) is 39.4 Å². The summed E-state index contributed by atoms with van der Waals surface area (Å²) in [6.45, 7) is 8.93. The molecular weight excluding hydrogens is 414 g/mol. The van der Waals surface area contributed by atoms with E-state index in [0.717, 1.165) is 11.1 Å². The highest BCUT2D eigenvalue weighted by Crippen LogP contribution is 2.42. The van der Waals surface area contributed by atoms with E-state index < -0.39 is 8.32 Å². The molecule has 0 bridgehead atoms. The van der Waals surface area contributed by atoms with Gasteiger partial charge in [0.25, 0.3) is 8.32 Å². The predicted octanol–water partition coefficient (Wildman–Crippen LogP) is 4.56. The third kappa shape index (κ3) is 3.59. The molecule has 2 aromatic heterocycles. The van der Waals surface area contributed by atoms with Gasteiger partial charge in [0.1, 0.15) is 5.52 Å². The van der Waals surface area contributed by atoms with E-state index in [1.807, 2.05) is 12.3 Å². The van der Waals surface area contributed by atoms with Gasteiger partial charge in [0.15, 0.2) is 5.75 Å². The zero-order valence-corrected chi connectivity index (χ0v) is 20.4. The number of hydrogen-bond acceptors (Lipinski definition) is 4. The van der Waals surface area contributed by atoms with Crippen LogP contribution in [0.25, 0.3) is 5.52 Å². The minimum Gasteiger partial charge on any atom is -0.494 e. The van der Waals surface area contributed by atoms with E-state index in [2.05, 4.69) is 93.5 Å². The van der Waals surface area contributed by atoms with E-state index in [0.29, 0.717) is 11.4 Å². The molecule has 1 atom stereocenters. The quantitative estimate of drug-likeness (QED) is 0.442. The lowest BCUT2D eigenvalue weighted by atomic mass is 10.1. The first-order valence-corrected chi connectivity index (χ1v) is 12.8. The van der Waals surface area contributed by atoms with Crippen LogP contribution in [-0.4, -0.2) is 25.0 Å². The van der Waals surface area contributed by atoms with Crippen molar-refractivity contribution in [2.45, 2.75) is 38.8 Å². The molecule has 4 aromatic rings. The first-order chi connectivity index (χ1) is 15.3. The van der Waals surface area contributed by atoms with Gasteiger partial charge in [0, 0.05) is 11.8 Å². The molecule has 2 heterocycles. The second-order valence-electron chi connectivity index (χ2n) is 9.12. The summed E-state index contributed by atoms with van der Waals surface area (Å²) in [6, 6.07) is 23.3. The van der Waals surface area contributed by atoms with Gasteiger partial charge in [-0.05, 0) is 28.4 Å². The maximum atomic E-state index is 7.26. The third-order valence-corrected chi connectivity index (χ3v) is 11.2. The second-order valence-corrected chi connectivity index (χ2v) is 13.4. The first-order valence-electron chi connectivity index (χ1n) is 10.9. The molecule has 32 heavy (non-hydrogen) atoms. The lowest BCUT2D eigenvalue weighted by Gasteiger charge is -2.44. The van der Waals surface area contributed by atoms with Gasteiger partial charge in [0.05, 0.1) is 25.1 Å². The van der Waals surface area contributed by atoms with Crippen molar-refractivity contribution in [3.8, 4) is 5.75 Å². The summed E-state index contributed by atoms with van der Waals surface area (Å²) in [6.07, 6.45) is 3.33. The van der Waals surface area contributed by atoms with E-state index in [4.69, 9.17) is 14.9 Å². The summed E-state index contributed by atoms with van der Waals surface area (Å²) >= 11 is 0. The number of aromatic nitrogens is 2. The highest BCUT2D eigenvalue weighted by molar-refractivity contribution is 6.99. The van der Waals surface area contributed by atoms with Crippen molar-refractivity contribution in [1.82, 2.24) is 9.61 Å². The number of benzene rings is 2. The van der Waals surface area contributed by atoms with Crippen molar-refractivity contribution in [1.29, 1.82) is 0 Å². The molecule has 166 valence electrons. The SMILES string of the molecule is COc1c(C(C)O[Si](c2ccccc2)(c2ccccc2)C(C)(C)C)ccn2ncc(N)c12. The van der Waals surface area contributed by atoms with Gasteiger partial charge in [-0.3, -0.25) is 0 Å². The van der Waals surface area contributed by atoms with Crippen molar-refractivity contribution in [3.05, 3.63) is 84.7 Å². The van der Waals surface area contributed by atoms with Crippen molar-refractivity contribution in [2.75, 3.05) is 12.8 Å². The topological polar surface area (TPSA) is 61.8 Å². The molecule has 4 rings (SSSR count). The van der Waals surface area contributed by atoms with Gasteiger partial charge in [0.2, 0.25) is 0 Å². The Kier molecular flexibility index (Phi) is 5.84. The summed E-state index contributed by atoms with van der Waals surface area (Å²) < 4.78 is 14.8. The fourth-order valence-electron chi connectivity index (χ4n) is 4.64. The molecule has 0 aliphatic rings. The second kappa shape index (κ2) is 8.45. The number of ether oxygens (including phenoxy) is 1. The van der Waals surface area contributed by atoms with Gasteiger partial charge in [-0.25, -0.2) is 4.52 Å². The number of nitrogens with zero attached hydrogens (tertiary/aromatic N) is 2. The van der Waals surface area contributed by atoms with Crippen LogP contribution in [0.3, 0.4) is 0 Å². The molecule has 6 heteroatoms. The molecule has 0 amide bonds. The molecule has 1 unspecified atom stereocenters. The number of rotatable bonds is 6. The Bertz CT molecular complexity index is 1160. The largest absolute Gasteiger partial charge is 0.494 e. The van der Waals surface area contributed by atoms with Crippen LogP contribution in [0, 0.1) is 0 Å². The monoisotopic (exact) mass is 445 g/mol. The summed E-state index contributed by atoms with van der Waals surface area (Å²) in [4.78, 5) is 0. The Labute approximate surface area is 190 Å². The fraction of sp³-hybridized carbons (Fsp3) is 0.269. The maximum absolute atomic E-state index is 7.26. The molecule has 0 saturated heterocycles. The molecule has 0 aliphatic carbocycles. The Morgan fingerprint density at radius 2 is 1.50 bits per heavy atom. The molecule has 2 N–H and O–H groups in total. The molecule has 0 fully saturated rings. The number of fused-ring (bicyclic) bond motifs is 1. The molecule has 0 saturated carbocycles. The fourth-order valence-corrected chi connectivity index (χ4v) is 9.31. The Hall–Kier alpha value is -3.09.